The van der Waals surface area contributed by atoms with Crippen LogP contribution in [0.1, 0.15) is 20.8 Å². The van der Waals surface area contributed by atoms with E-state index in [1.807, 2.05) is 0 Å². The highest BCUT2D eigenvalue weighted by atomic mass is 16.5. The van der Waals surface area contributed by atoms with Crippen molar-refractivity contribution in [3.8, 4) is 0 Å². The molecule has 0 aromatic rings. The van der Waals surface area contributed by atoms with Crippen LogP contribution < -0.4 is 0 Å². The number of rotatable bonds is 3. The standard InChI is InChI=1S/C9H16O2/c1-9(2,3)8(11-4)6-5-7-10/h5-8H,1-4H3/b6-5+/t8-/m1/s1. The minimum atomic E-state index is 0.00713. The van der Waals surface area contributed by atoms with Gasteiger partial charge in [0.1, 0.15) is 6.29 Å². The average Bonchev–Trinajstić information content (AvgIpc) is 1.87. The number of hydrogen-bond acceptors (Lipinski definition) is 2. The number of carbonyl (C=O) groups is 1. The Balaban J connectivity index is 4.17. The molecule has 2 nitrogen and oxygen atoms in total. The Morgan fingerprint density at radius 3 is 2.18 bits per heavy atom. The molecule has 0 aliphatic heterocycles. The molecule has 0 heterocycles. The van der Waals surface area contributed by atoms with Crippen molar-refractivity contribution in [2.24, 2.45) is 5.41 Å². The smallest absolute Gasteiger partial charge is 0.142 e. The predicted molar refractivity (Wildman–Crippen MR) is 45.5 cm³/mol. The number of hydrogen-bond donors (Lipinski definition) is 0. The molecule has 2 heteroatoms. The monoisotopic (exact) mass is 156 g/mol. The number of allylic oxidation sites excluding steroid dienone is 1. The normalized spacial score (nSPS) is 15.3. The first-order valence-corrected chi connectivity index (χ1v) is 3.67. The predicted octanol–water partition coefficient (Wildman–Crippen LogP) is 1.80. The summed E-state index contributed by atoms with van der Waals surface area (Å²) < 4.78 is 5.17. The van der Waals surface area contributed by atoms with E-state index in [4.69, 9.17) is 4.74 Å². The number of methoxy groups -OCH3 is 1. The van der Waals surface area contributed by atoms with Crippen LogP contribution in [-0.4, -0.2) is 19.5 Å². The van der Waals surface area contributed by atoms with Gasteiger partial charge in [0.25, 0.3) is 0 Å². The maximum atomic E-state index is 10.0. The SMILES string of the molecule is CO[C@H](/C=C/C=O)C(C)(C)C. The molecule has 1 atom stereocenters. The van der Waals surface area contributed by atoms with E-state index < -0.39 is 0 Å². The van der Waals surface area contributed by atoms with E-state index in [9.17, 15) is 4.79 Å². The fourth-order valence-electron chi connectivity index (χ4n) is 0.867. The molecule has 0 unspecified atom stereocenters. The van der Waals surface area contributed by atoms with Gasteiger partial charge in [-0.25, -0.2) is 0 Å². The van der Waals surface area contributed by atoms with Crippen LogP contribution in [0.5, 0.6) is 0 Å². The lowest BCUT2D eigenvalue weighted by Gasteiger charge is -2.26. The summed E-state index contributed by atoms with van der Waals surface area (Å²) >= 11 is 0. The van der Waals surface area contributed by atoms with E-state index in [1.54, 1.807) is 13.2 Å². The zero-order valence-electron chi connectivity index (χ0n) is 7.63. The Morgan fingerprint density at radius 1 is 1.36 bits per heavy atom. The summed E-state index contributed by atoms with van der Waals surface area (Å²) in [7, 11) is 1.64. The van der Waals surface area contributed by atoms with Gasteiger partial charge in [0.2, 0.25) is 0 Å². The molecule has 0 N–H and O–H groups in total. The van der Waals surface area contributed by atoms with Gasteiger partial charge in [0.05, 0.1) is 6.10 Å². The second-order valence-corrected chi connectivity index (χ2v) is 3.54. The van der Waals surface area contributed by atoms with Crippen molar-refractivity contribution in [1.29, 1.82) is 0 Å². The van der Waals surface area contributed by atoms with Gasteiger partial charge in [0, 0.05) is 7.11 Å². The Labute approximate surface area is 68.2 Å². The van der Waals surface area contributed by atoms with Gasteiger partial charge in [-0.15, -0.1) is 0 Å². The average molecular weight is 156 g/mol. The largest absolute Gasteiger partial charge is 0.377 e. The zero-order chi connectivity index (χ0) is 8.91. The van der Waals surface area contributed by atoms with E-state index in [2.05, 4.69) is 20.8 Å². The van der Waals surface area contributed by atoms with Gasteiger partial charge in [0.15, 0.2) is 0 Å². The Morgan fingerprint density at radius 2 is 1.91 bits per heavy atom. The van der Waals surface area contributed by atoms with Gasteiger partial charge in [-0.2, -0.15) is 0 Å². The van der Waals surface area contributed by atoms with Crippen LogP contribution in [0, 0.1) is 5.41 Å². The molecule has 0 bridgehead atoms. The van der Waals surface area contributed by atoms with E-state index >= 15 is 0 Å². The number of ether oxygens (including phenoxy) is 1. The third-order valence-corrected chi connectivity index (χ3v) is 1.47. The van der Waals surface area contributed by atoms with E-state index in [-0.39, 0.29) is 11.5 Å². The molecule has 0 rings (SSSR count). The van der Waals surface area contributed by atoms with Crippen molar-refractivity contribution in [2.75, 3.05) is 7.11 Å². The van der Waals surface area contributed by atoms with Crippen LogP contribution in [0.2, 0.25) is 0 Å². The molecule has 0 amide bonds. The molecule has 64 valence electrons. The molecule has 0 aliphatic rings. The summed E-state index contributed by atoms with van der Waals surface area (Å²) in [6.45, 7) is 6.20. The molecule has 0 radical (unpaired) electrons. The van der Waals surface area contributed by atoms with Crippen LogP contribution >= 0.6 is 0 Å². The molecule has 0 aromatic heterocycles. The van der Waals surface area contributed by atoms with Crippen LogP contribution in [0.3, 0.4) is 0 Å². The minimum absolute atomic E-state index is 0.00713. The van der Waals surface area contributed by atoms with E-state index in [0.717, 1.165) is 6.29 Å². The topological polar surface area (TPSA) is 26.3 Å². The lowest BCUT2D eigenvalue weighted by atomic mass is 9.89. The fraction of sp³-hybridized carbons (Fsp3) is 0.667. The van der Waals surface area contributed by atoms with Crippen LogP contribution in [0.15, 0.2) is 12.2 Å². The Bertz CT molecular complexity index is 142. The second-order valence-electron chi connectivity index (χ2n) is 3.54. The van der Waals surface area contributed by atoms with E-state index in [1.165, 1.54) is 6.08 Å². The summed E-state index contributed by atoms with van der Waals surface area (Å²) in [6, 6.07) is 0. The summed E-state index contributed by atoms with van der Waals surface area (Å²) in [4.78, 5) is 10.0. The number of carbonyl (C=O) groups excluding carboxylic acids is 1. The summed E-state index contributed by atoms with van der Waals surface area (Å²) in [6.07, 6.45) is 4.01. The second kappa shape index (κ2) is 4.29. The fourth-order valence-corrected chi connectivity index (χ4v) is 0.867. The molecular formula is C9H16O2. The third kappa shape index (κ3) is 3.94. The molecule has 0 aliphatic carbocycles. The first-order chi connectivity index (χ1) is 5.02. The molecule has 0 spiro atoms. The minimum Gasteiger partial charge on any atom is -0.377 e. The molecule has 0 aromatic carbocycles. The first-order valence-electron chi connectivity index (χ1n) is 3.67. The van der Waals surface area contributed by atoms with Crippen molar-refractivity contribution in [3.05, 3.63) is 12.2 Å². The van der Waals surface area contributed by atoms with Crippen LogP contribution in [0.25, 0.3) is 0 Å². The van der Waals surface area contributed by atoms with Crippen LogP contribution in [-0.2, 0) is 9.53 Å². The summed E-state index contributed by atoms with van der Waals surface area (Å²) in [5, 5.41) is 0. The lowest BCUT2D eigenvalue weighted by molar-refractivity contribution is -0.104. The first kappa shape index (κ1) is 10.4. The van der Waals surface area contributed by atoms with Gasteiger partial charge in [-0.05, 0) is 11.5 Å². The maximum absolute atomic E-state index is 10.0. The molecule has 0 saturated heterocycles. The molecule has 0 saturated carbocycles. The Kier molecular flexibility index (Phi) is 4.04. The quantitative estimate of drug-likeness (QED) is 0.460. The van der Waals surface area contributed by atoms with Gasteiger partial charge < -0.3 is 4.74 Å². The van der Waals surface area contributed by atoms with Gasteiger partial charge in [-0.3, -0.25) is 4.79 Å². The third-order valence-electron chi connectivity index (χ3n) is 1.47. The van der Waals surface area contributed by atoms with Gasteiger partial charge in [-0.1, -0.05) is 26.8 Å². The summed E-state index contributed by atoms with van der Waals surface area (Å²) in [5.74, 6) is 0. The van der Waals surface area contributed by atoms with Crippen molar-refractivity contribution < 1.29 is 9.53 Å². The molecule has 11 heavy (non-hydrogen) atoms. The van der Waals surface area contributed by atoms with E-state index in [0.29, 0.717) is 0 Å². The highest BCUT2D eigenvalue weighted by Crippen LogP contribution is 2.22. The van der Waals surface area contributed by atoms with Crippen molar-refractivity contribution in [2.45, 2.75) is 26.9 Å². The highest BCUT2D eigenvalue weighted by molar-refractivity contribution is 5.64. The van der Waals surface area contributed by atoms with Crippen molar-refractivity contribution in [3.63, 3.8) is 0 Å². The lowest BCUT2D eigenvalue weighted by Crippen LogP contribution is -2.25. The maximum Gasteiger partial charge on any atom is 0.142 e. The molecular weight excluding hydrogens is 140 g/mol. The number of aldehydes is 1. The van der Waals surface area contributed by atoms with Crippen molar-refractivity contribution >= 4 is 6.29 Å². The zero-order valence-corrected chi connectivity index (χ0v) is 7.63. The van der Waals surface area contributed by atoms with Gasteiger partial charge >= 0.3 is 0 Å². The van der Waals surface area contributed by atoms with Crippen molar-refractivity contribution in [1.82, 2.24) is 0 Å². The summed E-state index contributed by atoms with van der Waals surface area (Å²) in [5.41, 5.74) is 0.0499. The molecule has 0 fully saturated rings. The van der Waals surface area contributed by atoms with Crippen LogP contribution in [0.4, 0.5) is 0 Å². The Hall–Kier alpha value is -0.630. The highest BCUT2D eigenvalue weighted by Gasteiger charge is 2.20.